The number of ether oxygens (including phenoxy) is 1. The van der Waals surface area contributed by atoms with Crippen LogP contribution in [-0.4, -0.2) is 19.3 Å². The molecule has 0 aromatic heterocycles. The summed E-state index contributed by atoms with van der Waals surface area (Å²) in [4.78, 5) is 0. The Morgan fingerprint density at radius 1 is 1.31 bits per heavy atom. The Bertz CT molecular complexity index is 321. The van der Waals surface area contributed by atoms with Crippen molar-refractivity contribution in [2.24, 2.45) is 0 Å². The molecule has 0 aliphatic heterocycles. The average molecular weight is 286 g/mol. The number of nitrogens with one attached hydrogen (secondary N) is 1. The highest BCUT2D eigenvalue weighted by atomic mass is 79.9. The molecule has 0 fully saturated rings. The number of rotatable bonds is 5. The van der Waals surface area contributed by atoms with E-state index in [0.29, 0.717) is 6.04 Å². The van der Waals surface area contributed by atoms with Gasteiger partial charge in [-0.2, -0.15) is 0 Å². The van der Waals surface area contributed by atoms with Crippen LogP contribution in [0.3, 0.4) is 0 Å². The molecule has 1 rings (SSSR count). The van der Waals surface area contributed by atoms with Gasteiger partial charge in [0.2, 0.25) is 0 Å². The second kappa shape index (κ2) is 5.80. The molecule has 0 aliphatic rings. The van der Waals surface area contributed by atoms with Gasteiger partial charge >= 0.3 is 0 Å². The van der Waals surface area contributed by atoms with Crippen molar-refractivity contribution in [3.8, 4) is 0 Å². The van der Waals surface area contributed by atoms with Crippen LogP contribution >= 0.6 is 15.9 Å². The Morgan fingerprint density at radius 3 is 2.38 bits per heavy atom. The van der Waals surface area contributed by atoms with Crippen molar-refractivity contribution in [3.63, 3.8) is 0 Å². The largest absolute Gasteiger partial charge is 0.377 e. The predicted octanol–water partition coefficient (Wildman–Crippen LogP) is 3.52. The lowest BCUT2D eigenvalue weighted by Gasteiger charge is -2.26. The third-order valence-electron chi connectivity index (χ3n) is 2.76. The van der Waals surface area contributed by atoms with E-state index in [1.807, 2.05) is 0 Å². The highest BCUT2D eigenvalue weighted by molar-refractivity contribution is 9.10. The van der Waals surface area contributed by atoms with Gasteiger partial charge in [-0.3, -0.25) is 0 Å². The van der Waals surface area contributed by atoms with Gasteiger partial charge in [0.15, 0.2) is 0 Å². The highest BCUT2D eigenvalue weighted by Crippen LogP contribution is 2.17. The fourth-order valence-electron chi connectivity index (χ4n) is 1.34. The van der Waals surface area contributed by atoms with Crippen LogP contribution in [0, 0.1) is 0 Å². The minimum Gasteiger partial charge on any atom is -0.377 e. The zero-order valence-electron chi connectivity index (χ0n) is 10.4. The molecule has 1 N–H and O–H groups in total. The van der Waals surface area contributed by atoms with Crippen LogP contribution in [0.4, 0.5) is 0 Å². The molecule has 1 unspecified atom stereocenters. The van der Waals surface area contributed by atoms with Gasteiger partial charge in [-0.15, -0.1) is 0 Å². The number of hydrogen-bond donors (Lipinski definition) is 1. The molecule has 0 heterocycles. The number of benzene rings is 1. The van der Waals surface area contributed by atoms with E-state index in [9.17, 15) is 0 Å². The summed E-state index contributed by atoms with van der Waals surface area (Å²) >= 11 is 3.44. The molecule has 1 aromatic rings. The standard InChI is InChI=1S/C13H20BrNO/c1-10(15-9-13(2,3)16-4)11-5-7-12(14)8-6-11/h5-8,10,15H,9H2,1-4H3. The van der Waals surface area contributed by atoms with Gasteiger partial charge in [0, 0.05) is 24.2 Å². The molecule has 3 heteroatoms. The number of hydrogen-bond acceptors (Lipinski definition) is 2. The van der Waals surface area contributed by atoms with Gasteiger partial charge in [0.05, 0.1) is 5.60 Å². The van der Waals surface area contributed by atoms with Crippen LogP contribution < -0.4 is 5.32 Å². The normalized spacial score (nSPS) is 13.8. The molecule has 1 aromatic carbocycles. The van der Waals surface area contributed by atoms with Crippen molar-refractivity contribution in [1.82, 2.24) is 5.32 Å². The van der Waals surface area contributed by atoms with Crippen LogP contribution in [0.5, 0.6) is 0 Å². The van der Waals surface area contributed by atoms with E-state index in [1.54, 1.807) is 7.11 Å². The van der Waals surface area contributed by atoms with Crippen molar-refractivity contribution in [2.45, 2.75) is 32.4 Å². The lowest BCUT2D eigenvalue weighted by atomic mass is 10.1. The van der Waals surface area contributed by atoms with E-state index in [1.165, 1.54) is 5.56 Å². The molecular formula is C13H20BrNO. The molecule has 0 spiro atoms. The summed E-state index contributed by atoms with van der Waals surface area (Å²) in [5.41, 5.74) is 1.17. The first-order valence-electron chi connectivity index (χ1n) is 5.48. The fraction of sp³-hybridized carbons (Fsp3) is 0.538. The van der Waals surface area contributed by atoms with Gasteiger partial charge in [-0.25, -0.2) is 0 Å². The van der Waals surface area contributed by atoms with Crippen LogP contribution in [-0.2, 0) is 4.74 Å². The van der Waals surface area contributed by atoms with Crippen LogP contribution in [0.15, 0.2) is 28.7 Å². The summed E-state index contributed by atoms with van der Waals surface area (Å²) in [6.07, 6.45) is 0. The summed E-state index contributed by atoms with van der Waals surface area (Å²) in [5.74, 6) is 0. The summed E-state index contributed by atoms with van der Waals surface area (Å²) in [7, 11) is 1.74. The first kappa shape index (κ1) is 13.7. The lowest BCUT2D eigenvalue weighted by molar-refractivity contribution is 0.0214. The number of methoxy groups -OCH3 is 1. The van der Waals surface area contributed by atoms with Crippen LogP contribution in [0.1, 0.15) is 32.4 Å². The van der Waals surface area contributed by atoms with E-state index < -0.39 is 0 Å². The lowest BCUT2D eigenvalue weighted by Crippen LogP contribution is -2.37. The number of halogens is 1. The summed E-state index contributed by atoms with van der Waals surface area (Å²) in [6.45, 7) is 7.15. The molecule has 90 valence electrons. The summed E-state index contributed by atoms with van der Waals surface area (Å²) in [6, 6.07) is 8.72. The molecule has 16 heavy (non-hydrogen) atoms. The summed E-state index contributed by atoms with van der Waals surface area (Å²) in [5, 5.41) is 3.47. The molecule has 0 saturated carbocycles. The van der Waals surface area contributed by atoms with E-state index >= 15 is 0 Å². The zero-order chi connectivity index (χ0) is 12.2. The maximum atomic E-state index is 5.37. The monoisotopic (exact) mass is 285 g/mol. The fourth-order valence-corrected chi connectivity index (χ4v) is 1.60. The zero-order valence-corrected chi connectivity index (χ0v) is 12.0. The maximum Gasteiger partial charge on any atom is 0.0746 e. The van der Waals surface area contributed by atoms with E-state index in [0.717, 1.165) is 11.0 Å². The second-order valence-electron chi connectivity index (χ2n) is 4.62. The quantitative estimate of drug-likeness (QED) is 0.894. The Balaban J connectivity index is 2.53. The van der Waals surface area contributed by atoms with Crippen LogP contribution in [0.25, 0.3) is 0 Å². The van der Waals surface area contributed by atoms with Crippen LogP contribution in [0.2, 0.25) is 0 Å². The molecule has 0 aliphatic carbocycles. The molecule has 0 saturated heterocycles. The maximum absolute atomic E-state index is 5.37. The SMILES string of the molecule is COC(C)(C)CNC(C)c1ccc(Br)cc1. The second-order valence-corrected chi connectivity index (χ2v) is 5.53. The molecular weight excluding hydrogens is 266 g/mol. The van der Waals surface area contributed by atoms with Gasteiger partial charge < -0.3 is 10.1 Å². The molecule has 0 amide bonds. The Morgan fingerprint density at radius 2 is 1.88 bits per heavy atom. The predicted molar refractivity (Wildman–Crippen MR) is 71.6 cm³/mol. The van der Waals surface area contributed by atoms with Crippen molar-refractivity contribution in [2.75, 3.05) is 13.7 Å². The van der Waals surface area contributed by atoms with E-state index in [4.69, 9.17) is 4.74 Å². The Hall–Kier alpha value is -0.380. The van der Waals surface area contributed by atoms with Crippen molar-refractivity contribution in [3.05, 3.63) is 34.3 Å². The third-order valence-corrected chi connectivity index (χ3v) is 3.29. The van der Waals surface area contributed by atoms with Gasteiger partial charge in [-0.05, 0) is 38.5 Å². The van der Waals surface area contributed by atoms with Gasteiger partial charge in [0.25, 0.3) is 0 Å². The summed E-state index contributed by atoms with van der Waals surface area (Å²) < 4.78 is 6.48. The molecule has 1 atom stereocenters. The highest BCUT2D eigenvalue weighted by Gasteiger charge is 2.17. The van der Waals surface area contributed by atoms with E-state index in [-0.39, 0.29) is 5.60 Å². The van der Waals surface area contributed by atoms with Crippen molar-refractivity contribution in [1.29, 1.82) is 0 Å². The molecule has 0 radical (unpaired) electrons. The van der Waals surface area contributed by atoms with Crippen molar-refractivity contribution < 1.29 is 4.74 Å². The van der Waals surface area contributed by atoms with Crippen molar-refractivity contribution >= 4 is 15.9 Å². The smallest absolute Gasteiger partial charge is 0.0746 e. The Kier molecular flexibility index (Phi) is 4.96. The van der Waals surface area contributed by atoms with Gasteiger partial charge in [-0.1, -0.05) is 28.1 Å². The third kappa shape index (κ3) is 4.24. The Labute approximate surface area is 107 Å². The molecule has 2 nitrogen and oxygen atoms in total. The topological polar surface area (TPSA) is 21.3 Å². The van der Waals surface area contributed by atoms with Gasteiger partial charge in [0.1, 0.15) is 0 Å². The minimum absolute atomic E-state index is 0.121. The van der Waals surface area contributed by atoms with E-state index in [2.05, 4.69) is 66.3 Å². The first-order chi connectivity index (χ1) is 7.44. The minimum atomic E-state index is -0.121. The average Bonchev–Trinajstić information content (AvgIpc) is 2.27. The molecule has 0 bridgehead atoms. The first-order valence-corrected chi connectivity index (χ1v) is 6.28.